The molecule has 7 heteroatoms. The van der Waals surface area contributed by atoms with Gasteiger partial charge in [-0.15, -0.1) is 11.3 Å². The Labute approximate surface area is 181 Å². The molecule has 1 aliphatic rings. The average molecular weight is 432 g/mol. The number of hydrogen-bond donors (Lipinski definition) is 0. The topological polar surface area (TPSA) is 65.1 Å². The summed E-state index contributed by atoms with van der Waals surface area (Å²) in [4.78, 5) is 26.9. The van der Waals surface area contributed by atoms with Gasteiger partial charge in [-0.2, -0.15) is 0 Å². The minimum absolute atomic E-state index is 0.173. The number of nitrogens with zero attached hydrogens (tertiary/aromatic N) is 1. The van der Waals surface area contributed by atoms with Gasteiger partial charge in [0.1, 0.15) is 11.5 Å². The number of carbonyl (C=O) groups is 2. The van der Waals surface area contributed by atoms with E-state index in [1.54, 1.807) is 11.0 Å². The Morgan fingerprint density at radius 1 is 1.17 bits per heavy atom. The lowest BCUT2D eigenvalue weighted by molar-refractivity contribution is 0.0606. The van der Waals surface area contributed by atoms with Gasteiger partial charge >= 0.3 is 12.1 Å². The van der Waals surface area contributed by atoms with Crippen LogP contribution in [0.1, 0.15) is 52.7 Å². The van der Waals surface area contributed by atoms with Gasteiger partial charge in [-0.25, -0.2) is 9.59 Å². The third-order valence-electron chi connectivity index (χ3n) is 5.10. The van der Waals surface area contributed by atoms with Crippen LogP contribution in [0.25, 0.3) is 0 Å². The molecule has 1 aromatic heterocycles. The maximum Gasteiger partial charge on any atom is 0.414 e. The van der Waals surface area contributed by atoms with Crippen molar-refractivity contribution >= 4 is 29.1 Å². The van der Waals surface area contributed by atoms with E-state index in [4.69, 9.17) is 14.2 Å². The maximum absolute atomic E-state index is 12.3. The summed E-state index contributed by atoms with van der Waals surface area (Å²) in [7, 11) is 1.36. The molecule has 0 spiro atoms. The van der Waals surface area contributed by atoms with Crippen molar-refractivity contribution in [2.75, 3.05) is 25.2 Å². The normalized spacial score (nSPS) is 16.0. The number of methoxy groups -OCH3 is 1. The van der Waals surface area contributed by atoms with E-state index in [2.05, 4.69) is 19.1 Å². The Morgan fingerprint density at radius 2 is 1.97 bits per heavy atom. The van der Waals surface area contributed by atoms with E-state index in [9.17, 15) is 9.59 Å². The molecule has 162 valence electrons. The van der Waals surface area contributed by atoms with Crippen molar-refractivity contribution < 1.29 is 23.8 Å². The summed E-state index contributed by atoms with van der Waals surface area (Å²) in [6, 6.07) is 11.5. The third-order valence-corrected chi connectivity index (χ3v) is 6.14. The van der Waals surface area contributed by atoms with Crippen molar-refractivity contribution in [3.05, 3.63) is 51.7 Å². The molecule has 2 aromatic rings. The molecule has 0 aliphatic carbocycles. The second kappa shape index (κ2) is 11.1. The zero-order valence-corrected chi connectivity index (χ0v) is 18.4. The van der Waals surface area contributed by atoms with Crippen LogP contribution in [0, 0.1) is 0 Å². The number of cyclic esters (lactones) is 1. The first-order valence-corrected chi connectivity index (χ1v) is 11.2. The number of anilines is 1. The van der Waals surface area contributed by atoms with Crippen molar-refractivity contribution in [2.24, 2.45) is 0 Å². The zero-order chi connectivity index (χ0) is 21.3. The second-order valence-corrected chi connectivity index (χ2v) is 8.52. The van der Waals surface area contributed by atoms with Crippen LogP contribution in [0.15, 0.2) is 36.4 Å². The SMILES string of the molecule is CCCCCCc1ccc(N2C(=O)OCC2COCc2ccc(C(=O)OC)s2)cc1. The van der Waals surface area contributed by atoms with Gasteiger partial charge in [-0.1, -0.05) is 38.3 Å². The number of benzene rings is 1. The minimum Gasteiger partial charge on any atom is -0.465 e. The average Bonchev–Trinajstić information content (AvgIpc) is 3.38. The molecule has 1 saturated heterocycles. The fraction of sp³-hybridized carbons (Fsp3) is 0.478. The summed E-state index contributed by atoms with van der Waals surface area (Å²) in [5.41, 5.74) is 2.11. The van der Waals surface area contributed by atoms with E-state index in [0.29, 0.717) is 24.7 Å². The summed E-state index contributed by atoms with van der Waals surface area (Å²) in [6.07, 6.45) is 5.67. The molecule has 0 bridgehead atoms. The third kappa shape index (κ3) is 5.83. The molecule has 1 aliphatic heterocycles. The zero-order valence-electron chi connectivity index (χ0n) is 17.6. The predicted molar refractivity (Wildman–Crippen MR) is 117 cm³/mol. The van der Waals surface area contributed by atoms with Crippen LogP contribution in [-0.2, 0) is 27.2 Å². The fourth-order valence-corrected chi connectivity index (χ4v) is 4.30. The number of aryl methyl sites for hydroxylation is 1. The molecule has 0 radical (unpaired) electrons. The first-order valence-electron chi connectivity index (χ1n) is 10.4. The summed E-state index contributed by atoms with van der Waals surface area (Å²) in [5, 5.41) is 0. The first-order chi connectivity index (χ1) is 14.6. The van der Waals surface area contributed by atoms with Gasteiger partial charge in [0.2, 0.25) is 0 Å². The molecular formula is C23H29NO5S. The van der Waals surface area contributed by atoms with Gasteiger partial charge in [0.05, 0.1) is 26.4 Å². The first kappa shape index (κ1) is 22.3. The molecule has 1 atom stereocenters. The van der Waals surface area contributed by atoms with Crippen LogP contribution < -0.4 is 4.90 Å². The monoisotopic (exact) mass is 431 g/mol. The van der Waals surface area contributed by atoms with Crippen LogP contribution in [0.3, 0.4) is 0 Å². The van der Waals surface area contributed by atoms with Crippen LogP contribution in [0.4, 0.5) is 10.5 Å². The van der Waals surface area contributed by atoms with Crippen LogP contribution >= 0.6 is 11.3 Å². The van der Waals surface area contributed by atoms with E-state index in [-0.39, 0.29) is 18.1 Å². The highest BCUT2D eigenvalue weighted by Gasteiger charge is 2.34. The highest BCUT2D eigenvalue weighted by molar-refractivity contribution is 7.13. The number of esters is 1. The van der Waals surface area contributed by atoms with Gasteiger partial charge in [0.15, 0.2) is 0 Å². The molecule has 1 aromatic carbocycles. The van der Waals surface area contributed by atoms with E-state index < -0.39 is 0 Å². The molecule has 0 N–H and O–H groups in total. The maximum atomic E-state index is 12.3. The molecule has 2 heterocycles. The van der Waals surface area contributed by atoms with Crippen molar-refractivity contribution in [3.8, 4) is 0 Å². The predicted octanol–water partition coefficient (Wildman–Crippen LogP) is 5.20. The Morgan fingerprint density at radius 3 is 2.70 bits per heavy atom. The summed E-state index contributed by atoms with van der Waals surface area (Å²) in [5.74, 6) is -0.346. The number of hydrogen-bond acceptors (Lipinski definition) is 6. The van der Waals surface area contributed by atoms with Gasteiger partial charge in [0.25, 0.3) is 0 Å². The highest BCUT2D eigenvalue weighted by atomic mass is 32.1. The van der Waals surface area contributed by atoms with E-state index in [1.807, 2.05) is 18.2 Å². The smallest absolute Gasteiger partial charge is 0.414 e. The quantitative estimate of drug-likeness (QED) is 0.361. The standard InChI is InChI=1S/C23H29NO5S/c1-3-4-5-6-7-17-8-10-18(11-9-17)24-19(15-29-23(24)26)14-28-16-20-12-13-21(30-20)22(25)27-2/h8-13,19H,3-7,14-16H2,1-2H3. The minimum atomic E-state index is -0.346. The molecular weight excluding hydrogens is 402 g/mol. The molecule has 30 heavy (non-hydrogen) atoms. The van der Waals surface area contributed by atoms with Gasteiger partial charge in [-0.3, -0.25) is 4.90 Å². The molecule has 3 rings (SSSR count). The lowest BCUT2D eigenvalue weighted by atomic mass is 10.1. The van der Waals surface area contributed by atoms with Gasteiger partial charge in [0, 0.05) is 10.6 Å². The number of rotatable bonds is 11. The van der Waals surface area contributed by atoms with Crippen molar-refractivity contribution in [3.63, 3.8) is 0 Å². The van der Waals surface area contributed by atoms with Crippen molar-refractivity contribution in [2.45, 2.75) is 51.7 Å². The number of ether oxygens (including phenoxy) is 3. The number of carbonyl (C=O) groups excluding carboxylic acids is 2. The molecule has 1 amide bonds. The Hall–Kier alpha value is -2.38. The Kier molecular flexibility index (Phi) is 8.28. The Bertz CT molecular complexity index is 832. The largest absolute Gasteiger partial charge is 0.465 e. The summed E-state index contributed by atoms with van der Waals surface area (Å²) in [6.45, 7) is 3.24. The molecule has 6 nitrogen and oxygen atoms in total. The Balaban J connectivity index is 1.52. The molecule has 1 fully saturated rings. The van der Waals surface area contributed by atoms with Crippen LogP contribution in [0.2, 0.25) is 0 Å². The lowest BCUT2D eigenvalue weighted by Gasteiger charge is -2.21. The van der Waals surface area contributed by atoms with Gasteiger partial charge in [-0.05, 0) is 42.7 Å². The number of thiophene rings is 1. The van der Waals surface area contributed by atoms with Crippen molar-refractivity contribution in [1.82, 2.24) is 0 Å². The number of amides is 1. The summed E-state index contributed by atoms with van der Waals surface area (Å²) >= 11 is 1.35. The number of unbranched alkanes of at least 4 members (excludes halogenated alkanes) is 3. The van der Waals surface area contributed by atoms with Crippen LogP contribution in [0.5, 0.6) is 0 Å². The summed E-state index contributed by atoms with van der Waals surface area (Å²) < 4.78 is 15.8. The lowest BCUT2D eigenvalue weighted by Crippen LogP contribution is -2.36. The fourth-order valence-electron chi connectivity index (χ4n) is 3.44. The highest BCUT2D eigenvalue weighted by Crippen LogP contribution is 2.25. The van der Waals surface area contributed by atoms with Crippen LogP contribution in [-0.4, -0.2) is 38.4 Å². The van der Waals surface area contributed by atoms with Gasteiger partial charge < -0.3 is 14.2 Å². The van der Waals surface area contributed by atoms with Crippen molar-refractivity contribution in [1.29, 1.82) is 0 Å². The van der Waals surface area contributed by atoms with E-state index in [0.717, 1.165) is 17.0 Å². The van der Waals surface area contributed by atoms with E-state index >= 15 is 0 Å². The van der Waals surface area contributed by atoms with E-state index in [1.165, 1.54) is 49.7 Å². The molecule has 0 saturated carbocycles. The second-order valence-electron chi connectivity index (χ2n) is 7.35. The molecule has 1 unspecified atom stereocenters.